The summed E-state index contributed by atoms with van der Waals surface area (Å²) >= 11 is 2.02. The summed E-state index contributed by atoms with van der Waals surface area (Å²) in [5.41, 5.74) is 1.35. The third-order valence-corrected chi connectivity index (χ3v) is 2.94. The van der Waals surface area contributed by atoms with E-state index in [2.05, 4.69) is 19.7 Å². The van der Waals surface area contributed by atoms with Crippen molar-refractivity contribution in [2.24, 2.45) is 0 Å². The van der Waals surface area contributed by atoms with E-state index in [0.29, 0.717) is 17.9 Å². The van der Waals surface area contributed by atoms with Crippen LogP contribution in [0, 0.1) is 0 Å². The lowest BCUT2D eigenvalue weighted by molar-refractivity contribution is 0.0548. The molecular formula is C17H19IO3. The Morgan fingerprint density at radius 1 is 1.14 bits per heavy atom. The molecule has 21 heavy (non-hydrogen) atoms. The summed E-state index contributed by atoms with van der Waals surface area (Å²) in [7, 11) is 0. The first-order chi connectivity index (χ1) is 10.0. The molecule has 0 amide bonds. The second-order valence-corrected chi connectivity index (χ2v) is 5.90. The van der Waals surface area contributed by atoms with Gasteiger partial charge in [0.2, 0.25) is 0 Å². The third kappa shape index (κ3) is 6.62. The van der Waals surface area contributed by atoms with Crippen molar-refractivity contribution in [2.75, 3.05) is 13.2 Å². The highest BCUT2D eigenvalue weighted by Gasteiger charge is 2.08. The Kier molecular flexibility index (Phi) is 7.82. The van der Waals surface area contributed by atoms with E-state index < -0.39 is 0 Å². The summed E-state index contributed by atoms with van der Waals surface area (Å²) in [5, 5.41) is 0. The van der Waals surface area contributed by atoms with E-state index in [-0.39, 0.29) is 12.6 Å². The van der Waals surface area contributed by atoms with Gasteiger partial charge in [-0.2, -0.15) is 0 Å². The van der Waals surface area contributed by atoms with Gasteiger partial charge in [-0.1, -0.05) is 31.4 Å². The van der Waals surface area contributed by atoms with Gasteiger partial charge < -0.3 is 9.47 Å². The molecule has 1 aromatic carbocycles. The molecule has 0 aliphatic heterocycles. The first kappa shape index (κ1) is 17.5. The van der Waals surface area contributed by atoms with Gasteiger partial charge in [0, 0.05) is 9.14 Å². The highest BCUT2D eigenvalue weighted by atomic mass is 127. The third-order valence-electron chi connectivity index (χ3n) is 2.63. The average Bonchev–Trinajstić information content (AvgIpc) is 2.49. The number of hydrogen-bond donors (Lipinski definition) is 0. The van der Waals surface area contributed by atoms with Gasteiger partial charge in [-0.05, 0) is 47.6 Å². The maximum absolute atomic E-state index is 11.7. The predicted octanol–water partition coefficient (Wildman–Crippen LogP) is 4.75. The van der Waals surface area contributed by atoms with E-state index in [0.717, 1.165) is 22.0 Å². The summed E-state index contributed by atoms with van der Waals surface area (Å²) in [4.78, 5) is 11.7. The van der Waals surface area contributed by atoms with Gasteiger partial charge in [0.25, 0.3) is 0 Å². The van der Waals surface area contributed by atoms with Crippen LogP contribution in [0.5, 0.6) is 0 Å². The molecule has 0 saturated carbocycles. The maximum Gasteiger partial charge on any atom is 0.338 e. The molecule has 112 valence electrons. The number of carbonyl (C=O) groups is 1. The largest absolute Gasteiger partial charge is 0.494 e. The molecule has 0 atom stereocenters. The molecule has 0 N–H and O–H groups in total. The van der Waals surface area contributed by atoms with Crippen molar-refractivity contribution >= 4 is 34.3 Å². The summed E-state index contributed by atoms with van der Waals surface area (Å²) in [6.45, 7) is 12.0. The number of esters is 1. The Morgan fingerprint density at radius 3 is 2.33 bits per heavy atom. The van der Waals surface area contributed by atoms with Gasteiger partial charge in [0.05, 0.1) is 12.2 Å². The summed E-state index contributed by atoms with van der Waals surface area (Å²) in [5.74, 6) is 0.233. The van der Waals surface area contributed by atoms with Crippen LogP contribution in [0.25, 0.3) is 5.76 Å². The van der Waals surface area contributed by atoms with Crippen LogP contribution in [0.2, 0.25) is 0 Å². The molecule has 0 spiro atoms. The Morgan fingerprint density at radius 2 is 1.76 bits per heavy atom. The van der Waals surface area contributed by atoms with Crippen molar-refractivity contribution in [3.05, 3.63) is 64.8 Å². The number of ether oxygens (including phenoxy) is 2. The molecule has 1 aromatic rings. The fourth-order valence-electron chi connectivity index (χ4n) is 1.53. The maximum atomic E-state index is 11.7. The molecule has 0 heterocycles. The zero-order valence-electron chi connectivity index (χ0n) is 11.9. The zero-order chi connectivity index (χ0) is 15.7. The van der Waals surface area contributed by atoms with Crippen LogP contribution in [-0.4, -0.2) is 19.2 Å². The number of hydrogen-bond acceptors (Lipinski definition) is 3. The van der Waals surface area contributed by atoms with Crippen molar-refractivity contribution in [1.82, 2.24) is 0 Å². The molecule has 0 unspecified atom stereocenters. The average molecular weight is 398 g/mol. The number of benzene rings is 1. The second kappa shape index (κ2) is 9.39. The molecule has 3 nitrogen and oxygen atoms in total. The van der Waals surface area contributed by atoms with Crippen LogP contribution in [0.1, 0.15) is 28.8 Å². The predicted molar refractivity (Wildman–Crippen MR) is 94.3 cm³/mol. The molecule has 0 aliphatic rings. The molecule has 1 rings (SSSR count). The van der Waals surface area contributed by atoms with Crippen molar-refractivity contribution in [1.29, 1.82) is 0 Å². The molecule has 0 aliphatic carbocycles. The van der Waals surface area contributed by atoms with Crippen molar-refractivity contribution in [3.63, 3.8) is 0 Å². The SMILES string of the molecule is C=CCCCOC(=C)c1ccc(C(=O)OCC(=C)I)cc1. The van der Waals surface area contributed by atoms with E-state index in [1.54, 1.807) is 24.3 Å². The van der Waals surface area contributed by atoms with Gasteiger partial charge in [0.1, 0.15) is 12.4 Å². The molecule has 0 saturated heterocycles. The van der Waals surface area contributed by atoms with Crippen LogP contribution in [-0.2, 0) is 9.47 Å². The van der Waals surface area contributed by atoms with E-state index in [1.165, 1.54) is 0 Å². The minimum Gasteiger partial charge on any atom is -0.494 e. The van der Waals surface area contributed by atoms with Crippen LogP contribution >= 0.6 is 22.6 Å². The van der Waals surface area contributed by atoms with Gasteiger partial charge in [0.15, 0.2) is 0 Å². The molecule has 0 radical (unpaired) electrons. The van der Waals surface area contributed by atoms with Gasteiger partial charge >= 0.3 is 5.97 Å². The fraction of sp³-hybridized carbons (Fsp3) is 0.235. The normalized spacial score (nSPS) is 9.76. The summed E-state index contributed by atoms with van der Waals surface area (Å²) < 4.78 is 11.4. The summed E-state index contributed by atoms with van der Waals surface area (Å²) in [6.07, 6.45) is 3.68. The lowest BCUT2D eigenvalue weighted by Gasteiger charge is -2.09. The first-order valence-electron chi connectivity index (χ1n) is 6.58. The Labute approximate surface area is 139 Å². The Bertz CT molecular complexity index is 517. The molecule has 4 heteroatoms. The first-order valence-corrected chi connectivity index (χ1v) is 7.66. The van der Waals surface area contributed by atoms with Crippen molar-refractivity contribution < 1.29 is 14.3 Å². The smallest absolute Gasteiger partial charge is 0.338 e. The van der Waals surface area contributed by atoms with Crippen molar-refractivity contribution in [3.8, 4) is 0 Å². The quantitative estimate of drug-likeness (QED) is 0.198. The topological polar surface area (TPSA) is 35.5 Å². The molecule has 0 fully saturated rings. The number of unbranched alkanes of at least 4 members (excludes halogenated alkanes) is 1. The van der Waals surface area contributed by atoms with E-state index in [9.17, 15) is 4.79 Å². The van der Waals surface area contributed by atoms with Crippen LogP contribution in [0.15, 0.2) is 53.7 Å². The monoisotopic (exact) mass is 398 g/mol. The lowest BCUT2D eigenvalue weighted by Crippen LogP contribution is -2.06. The van der Waals surface area contributed by atoms with Gasteiger partial charge in [-0.15, -0.1) is 6.58 Å². The van der Waals surface area contributed by atoms with Crippen molar-refractivity contribution in [2.45, 2.75) is 12.8 Å². The Balaban J connectivity index is 2.52. The van der Waals surface area contributed by atoms with E-state index in [4.69, 9.17) is 9.47 Å². The van der Waals surface area contributed by atoms with E-state index >= 15 is 0 Å². The van der Waals surface area contributed by atoms with Crippen LogP contribution < -0.4 is 0 Å². The van der Waals surface area contributed by atoms with Crippen LogP contribution in [0.3, 0.4) is 0 Å². The summed E-state index contributed by atoms with van der Waals surface area (Å²) in [6, 6.07) is 6.99. The molecule has 0 bridgehead atoms. The van der Waals surface area contributed by atoms with E-state index in [1.807, 2.05) is 28.7 Å². The fourth-order valence-corrected chi connectivity index (χ4v) is 1.68. The zero-order valence-corrected chi connectivity index (χ0v) is 14.1. The highest BCUT2D eigenvalue weighted by molar-refractivity contribution is 14.1. The second-order valence-electron chi connectivity index (χ2n) is 4.37. The molecule has 0 aromatic heterocycles. The lowest BCUT2D eigenvalue weighted by atomic mass is 10.1. The van der Waals surface area contributed by atoms with Crippen LogP contribution in [0.4, 0.5) is 0 Å². The standard InChI is InChI=1S/C17H19IO3/c1-4-5-6-11-20-14(3)15-7-9-16(10-8-15)17(19)21-12-13(2)18/h4,7-10H,1-3,5-6,11-12H2. The van der Waals surface area contributed by atoms with Gasteiger partial charge in [-0.25, -0.2) is 4.79 Å². The Hall–Kier alpha value is -1.56. The molecular weight excluding hydrogens is 379 g/mol. The minimum atomic E-state index is -0.364. The number of rotatable bonds is 9. The highest BCUT2D eigenvalue weighted by Crippen LogP contribution is 2.16. The number of halogens is 1. The minimum absolute atomic E-state index is 0.222. The number of allylic oxidation sites excluding steroid dienone is 1. The van der Waals surface area contributed by atoms with Gasteiger partial charge in [-0.3, -0.25) is 0 Å². The number of carbonyl (C=O) groups excluding carboxylic acids is 1.